The Morgan fingerprint density at radius 2 is 2.20 bits per heavy atom. The zero-order valence-corrected chi connectivity index (χ0v) is 8.60. The van der Waals surface area contributed by atoms with Gasteiger partial charge in [-0.2, -0.15) is 0 Å². The molecule has 1 unspecified atom stereocenters. The largest absolute Gasteiger partial charge is 0.479 e. The molecule has 0 amide bonds. The maximum Gasteiger partial charge on any atom is 0.334 e. The average molecular weight is 211 g/mol. The van der Waals surface area contributed by atoms with Crippen LogP contribution in [0.4, 0.5) is 5.95 Å². The molecule has 0 bridgehead atoms. The molecule has 1 aromatic rings. The zero-order chi connectivity index (χ0) is 11.3. The second kappa shape index (κ2) is 5.26. The lowest BCUT2D eigenvalue weighted by atomic mass is 10.3. The van der Waals surface area contributed by atoms with Gasteiger partial charge in [0, 0.05) is 19.5 Å². The molecule has 0 aliphatic carbocycles. The van der Waals surface area contributed by atoms with Crippen molar-refractivity contribution in [3.05, 3.63) is 18.0 Å². The predicted octanol–water partition coefficient (Wildman–Crippen LogP) is 0.297. The summed E-state index contributed by atoms with van der Waals surface area (Å²) >= 11 is 0. The molecule has 1 heterocycles. The Bertz CT molecular complexity index is 326. The van der Waals surface area contributed by atoms with Gasteiger partial charge in [-0.1, -0.05) is 0 Å². The second-order valence-electron chi connectivity index (χ2n) is 3.03. The van der Waals surface area contributed by atoms with Crippen LogP contribution >= 0.6 is 0 Å². The molecule has 15 heavy (non-hydrogen) atoms. The number of hydrogen-bond donors (Lipinski definition) is 2. The summed E-state index contributed by atoms with van der Waals surface area (Å²) in [6, 6.07) is 0. The number of anilines is 1. The Hall–Kier alpha value is -1.69. The standard InChI is InChI=1S/C9H13N3O3/c1-6-3-10-9(11-4-6)12-5-7(15-2)8(13)14/h3-4,7H,5H2,1-2H3,(H,13,14)(H,10,11,12). The van der Waals surface area contributed by atoms with Crippen molar-refractivity contribution in [2.24, 2.45) is 0 Å². The molecule has 1 aromatic heterocycles. The monoisotopic (exact) mass is 211 g/mol. The highest BCUT2D eigenvalue weighted by Gasteiger charge is 2.15. The molecule has 1 atom stereocenters. The van der Waals surface area contributed by atoms with Crippen LogP contribution in [-0.4, -0.2) is 40.8 Å². The van der Waals surface area contributed by atoms with Crippen LogP contribution < -0.4 is 5.32 Å². The number of ether oxygens (including phenoxy) is 1. The van der Waals surface area contributed by atoms with Gasteiger partial charge in [-0.15, -0.1) is 0 Å². The third-order valence-corrected chi connectivity index (χ3v) is 1.79. The van der Waals surface area contributed by atoms with Crippen LogP contribution in [0.2, 0.25) is 0 Å². The lowest BCUT2D eigenvalue weighted by Gasteiger charge is -2.10. The molecule has 0 aromatic carbocycles. The van der Waals surface area contributed by atoms with Crippen LogP contribution in [0.5, 0.6) is 0 Å². The quantitative estimate of drug-likeness (QED) is 0.728. The number of methoxy groups -OCH3 is 1. The molecule has 1 rings (SSSR count). The molecule has 0 saturated heterocycles. The number of carbonyl (C=O) groups is 1. The fraction of sp³-hybridized carbons (Fsp3) is 0.444. The van der Waals surface area contributed by atoms with E-state index in [4.69, 9.17) is 9.84 Å². The first-order chi connectivity index (χ1) is 7.13. The summed E-state index contributed by atoms with van der Waals surface area (Å²) in [6.45, 7) is 2.01. The van der Waals surface area contributed by atoms with Gasteiger partial charge >= 0.3 is 5.97 Å². The van der Waals surface area contributed by atoms with Crippen LogP contribution in [0.15, 0.2) is 12.4 Å². The molecule has 0 fully saturated rings. The number of carboxylic acids is 1. The number of aryl methyl sites for hydroxylation is 1. The summed E-state index contributed by atoms with van der Waals surface area (Å²) in [5.41, 5.74) is 0.946. The van der Waals surface area contributed by atoms with Gasteiger partial charge in [-0.3, -0.25) is 0 Å². The summed E-state index contributed by atoms with van der Waals surface area (Å²) in [4.78, 5) is 18.5. The van der Waals surface area contributed by atoms with Crippen LogP contribution in [0.25, 0.3) is 0 Å². The van der Waals surface area contributed by atoms with Gasteiger partial charge in [-0.25, -0.2) is 14.8 Å². The van der Waals surface area contributed by atoms with Crippen LogP contribution in [0, 0.1) is 6.92 Å². The molecule has 0 spiro atoms. The molecule has 0 aliphatic rings. The number of nitrogens with one attached hydrogen (secondary N) is 1. The number of carboxylic acid groups (broad SMARTS) is 1. The number of aromatic nitrogens is 2. The molecule has 0 aliphatic heterocycles. The number of rotatable bonds is 5. The topological polar surface area (TPSA) is 84.3 Å². The molecule has 0 radical (unpaired) electrons. The van der Waals surface area contributed by atoms with E-state index in [1.54, 1.807) is 12.4 Å². The fourth-order valence-electron chi connectivity index (χ4n) is 0.939. The van der Waals surface area contributed by atoms with Gasteiger partial charge in [0.25, 0.3) is 0 Å². The van der Waals surface area contributed by atoms with Crippen LogP contribution in [0.1, 0.15) is 5.56 Å². The van der Waals surface area contributed by atoms with E-state index < -0.39 is 12.1 Å². The smallest absolute Gasteiger partial charge is 0.334 e. The third-order valence-electron chi connectivity index (χ3n) is 1.79. The summed E-state index contributed by atoms with van der Waals surface area (Å²) in [5, 5.41) is 11.5. The van der Waals surface area contributed by atoms with E-state index in [0.29, 0.717) is 5.95 Å². The highest BCUT2D eigenvalue weighted by molar-refractivity contribution is 5.73. The van der Waals surface area contributed by atoms with Gasteiger partial charge in [0.15, 0.2) is 6.10 Å². The molecular formula is C9H13N3O3. The van der Waals surface area contributed by atoms with E-state index in [2.05, 4.69) is 15.3 Å². The Balaban J connectivity index is 2.49. The van der Waals surface area contributed by atoms with Crippen molar-refractivity contribution in [3.8, 4) is 0 Å². The molecule has 6 heteroatoms. The maximum atomic E-state index is 10.6. The molecule has 82 valence electrons. The van der Waals surface area contributed by atoms with Gasteiger partial charge in [-0.05, 0) is 12.5 Å². The highest BCUT2D eigenvalue weighted by atomic mass is 16.5. The van der Waals surface area contributed by atoms with E-state index in [1.165, 1.54) is 7.11 Å². The van der Waals surface area contributed by atoms with Crippen LogP contribution in [-0.2, 0) is 9.53 Å². The first-order valence-corrected chi connectivity index (χ1v) is 4.41. The minimum atomic E-state index is -1.02. The van der Waals surface area contributed by atoms with Crippen molar-refractivity contribution in [1.29, 1.82) is 0 Å². The second-order valence-corrected chi connectivity index (χ2v) is 3.03. The predicted molar refractivity (Wildman–Crippen MR) is 53.7 cm³/mol. The average Bonchev–Trinajstić information content (AvgIpc) is 2.21. The number of hydrogen-bond acceptors (Lipinski definition) is 5. The Morgan fingerprint density at radius 1 is 1.60 bits per heavy atom. The van der Waals surface area contributed by atoms with Gasteiger partial charge in [0.05, 0.1) is 6.54 Å². The first-order valence-electron chi connectivity index (χ1n) is 4.41. The molecule has 6 nitrogen and oxygen atoms in total. The Morgan fingerprint density at radius 3 is 2.67 bits per heavy atom. The van der Waals surface area contributed by atoms with Crippen LogP contribution in [0.3, 0.4) is 0 Å². The molecule has 2 N–H and O–H groups in total. The Kier molecular flexibility index (Phi) is 3.99. The van der Waals surface area contributed by atoms with Crippen molar-refractivity contribution >= 4 is 11.9 Å². The third kappa shape index (κ3) is 3.51. The minimum absolute atomic E-state index is 0.134. The summed E-state index contributed by atoms with van der Waals surface area (Å²) in [6.07, 6.45) is 2.41. The summed E-state index contributed by atoms with van der Waals surface area (Å²) in [5.74, 6) is -0.624. The van der Waals surface area contributed by atoms with E-state index in [1.807, 2.05) is 6.92 Å². The highest BCUT2D eigenvalue weighted by Crippen LogP contribution is 1.99. The first kappa shape index (κ1) is 11.4. The minimum Gasteiger partial charge on any atom is -0.479 e. The number of aliphatic carboxylic acids is 1. The maximum absolute atomic E-state index is 10.6. The van der Waals surface area contributed by atoms with Crippen molar-refractivity contribution in [2.75, 3.05) is 19.0 Å². The van der Waals surface area contributed by atoms with Gasteiger partial charge in [0.1, 0.15) is 0 Å². The lowest BCUT2D eigenvalue weighted by molar-refractivity contribution is -0.147. The van der Waals surface area contributed by atoms with Crippen molar-refractivity contribution in [1.82, 2.24) is 9.97 Å². The van der Waals surface area contributed by atoms with E-state index >= 15 is 0 Å². The zero-order valence-electron chi connectivity index (χ0n) is 8.60. The van der Waals surface area contributed by atoms with E-state index in [9.17, 15) is 4.79 Å². The normalized spacial score (nSPS) is 12.1. The summed E-state index contributed by atoms with van der Waals surface area (Å²) in [7, 11) is 1.34. The SMILES string of the molecule is COC(CNc1ncc(C)cn1)C(=O)O. The molecular weight excluding hydrogens is 198 g/mol. The van der Waals surface area contributed by atoms with Gasteiger partial charge < -0.3 is 15.2 Å². The fourth-order valence-corrected chi connectivity index (χ4v) is 0.939. The molecule has 0 saturated carbocycles. The van der Waals surface area contributed by atoms with E-state index in [-0.39, 0.29) is 6.54 Å². The lowest BCUT2D eigenvalue weighted by Crippen LogP contribution is -2.30. The summed E-state index contributed by atoms with van der Waals surface area (Å²) < 4.78 is 4.74. The van der Waals surface area contributed by atoms with Crippen molar-refractivity contribution < 1.29 is 14.6 Å². The Labute approximate surface area is 87.3 Å². The van der Waals surface area contributed by atoms with Crippen molar-refractivity contribution in [2.45, 2.75) is 13.0 Å². The van der Waals surface area contributed by atoms with Gasteiger partial charge in [0.2, 0.25) is 5.95 Å². The van der Waals surface area contributed by atoms with Crippen molar-refractivity contribution in [3.63, 3.8) is 0 Å². The van der Waals surface area contributed by atoms with E-state index in [0.717, 1.165) is 5.56 Å². The number of nitrogens with zero attached hydrogens (tertiary/aromatic N) is 2.